The highest BCUT2D eigenvalue weighted by atomic mass is 16.5. The van der Waals surface area contributed by atoms with E-state index in [1.165, 1.54) is 0 Å². The minimum atomic E-state index is -0.235. The molecule has 0 aromatic rings. The Morgan fingerprint density at radius 1 is 1.75 bits per heavy atom. The number of hydrogen-bond acceptors (Lipinski definition) is 4. The van der Waals surface area contributed by atoms with E-state index in [1.807, 2.05) is 7.05 Å². The number of rotatable bonds is 3. The van der Waals surface area contributed by atoms with Gasteiger partial charge in [0.05, 0.1) is 6.10 Å². The Hall–Kier alpha value is -0.610. The van der Waals surface area contributed by atoms with Crippen molar-refractivity contribution in [1.29, 1.82) is 0 Å². The second kappa shape index (κ2) is 4.42. The number of aliphatic hydroxyl groups is 1. The maximum absolute atomic E-state index is 9.93. The molecule has 2 unspecified atom stereocenters. The molecule has 2 atom stereocenters. The molecule has 0 bridgehead atoms. The number of ether oxygens (including phenoxy) is 1. The van der Waals surface area contributed by atoms with Gasteiger partial charge in [0, 0.05) is 12.6 Å². The summed E-state index contributed by atoms with van der Waals surface area (Å²) in [5.74, 6) is 0. The van der Waals surface area contributed by atoms with Gasteiger partial charge in [-0.1, -0.05) is 0 Å². The maximum Gasteiger partial charge on any atom is 0.293 e. The Labute approximate surface area is 72.1 Å². The third-order valence-electron chi connectivity index (χ3n) is 2.34. The molecule has 1 saturated heterocycles. The molecule has 1 fully saturated rings. The second-order valence-electron chi connectivity index (χ2n) is 3.24. The average molecular weight is 173 g/mol. The molecular formula is C8H15NO3. The Bertz CT molecular complexity index is 151. The van der Waals surface area contributed by atoms with E-state index in [0.717, 1.165) is 13.0 Å². The molecular weight excluding hydrogens is 158 g/mol. The fraction of sp³-hybridized carbons (Fsp3) is 0.875. The zero-order valence-electron chi connectivity index (χ0n) is 7.27. The molecule has 0 radical (unpaired) electrons. The summed E-state index contributed by atoms with van der Waals surface area (Å²) < 4.78 is 4.66. The van der Waals surface area contributed by atoms with Crippen LogP contribution in [-0.4, -0.2) is 48.8 Å². The van der Waals surface area contributed by atoms with Gasteiger partial charge in [-0.25, -0.2) is 0 Å². The van der Waals surface area contributed by atoms with Gasteiger partial charge in [0.15, 0.2) is 0 Å². The van der Waals surface area contributed by atoms with Crippen LogP contribution in [0.2, 0.25) is 0 Å². The second-order valence-corrected chi connectivity index (χ2v) is 3.24. The van der Waals surface area contributed by atoms with Crippen molar-refractivity contribution in [1.82, 2.24) is 4.90 Å². The SMILES string of the molecule is CN1CCC(O)CC1COC=O. The monoisotopic (exact) mass is 173 g/mol. The summed E-state index contributed by atoms with van der Waals surface area (Å²) in [6.07, 6.45) is 1.28. The number of likely N-dealkylation sites (N-methyl/N-ethyl adjacent to an activating group) is 1. The molecule has 12 heavy (non-hydrogen) atoms. The van der Waals surface area contributed by atoms with Crippen LogP contribution >= 0.6 is 0 Å². The van der Waals surface area contributed by atoms with Crippen LogP contribution in [0.4, 0.5) is 0 Å². The summed E-state index contributed by atoms with van der Waals surface area (Å²) in [6, 6.07) is 0.180. The summed E-state index contributed by atoms with van der Waals surface area (Å²) in [5.41, 5.74) is 0. The third kappa shape index (κ3) is 2.46. The van der Waals surface area contributed by atoms with Crippen molar-refractivity contribution in [3.63, 3.8) is 0 Å². The first-order chi connectivity index (χ1) is 5.74. The number of piperidine rings is 1. The van der Waals surface area contributed by atoms with Gasteiger partial charge in [-0.15, -0.1) is 0 Å². The Morgan fingerprint density at radius 2 is 2.50 bits per heavy atom. The van der Waals surface area contributed by atoms with Crippen LogP contribution in [0.15, 0.2) is 0 Å². The van der Waals surface area contributed by atoms with Crippen molar-refractivity contribution in [2.75, 3.05) is 20.2 Å². The van der Waals surface area contributed by atoms with Gasteiger partial charge in [0.25, 0.3) is 6.47 Å². The van der Waals surface area contributed by atoms with Crippen molar-refractivity contribution < 1.29 is 14.6 Å². The highest BCUT2D eigenvalue weighted by Gasteiger charge is 2.24. The van der Waals surface area contributed by atoms with Gasteiger partial charge in [-0.05, 0) is 19.9 Å². The van der Waals surface area contributed by atoms with Crippen LogP contribution in [0.1, 0.15) is 12.8 Å². The van der Waals surface area contributed by atoms with E-state index in [-0.39, 0.29) is 12.1 Å². The minimum absolute atomic E-state index is 0.180. The Morgan fingerprint density at radius 3 is 3.17 bits per heavy atom. The predicted octanol–water partition coefficient (Wildman–Crippen LogP) is -0.386. The summed E-state index contributed by atoms with van der Waals surface area (Å²) in [4.78, 5) is 12.0. The quantitative estimate of drug-likeness (QED) is 0.591. The molecule has 0 aromatic heterocycles. The first-order valence-electron chi connectivity index (χ1n) is 4.17. The van der Waals surface area contributed by atoms with E-state index in [0.29, 0.717) is 19.5 Å². The molecule has 4 heteroatoms. The number of carbonyl (C=O) groups excluding carboxylic acids is 1. The smallest absolute Gasteiger partial charge is 0.293 e. The molecule has 1 rings (SSSR count). The number of aliphatic hydroxyl groups excluding tert-OH is 1. The van der Waals surface area contributed by atoms with E-state index in [4.69, 9.17) is 0 Å². The molecule has 70 valence electrons. The van der Waals surface area contributed by atoms with Crippen molar-refractivity contribution in [3.05, 3.63) is 0 Å². The van der Waals surface area contributed by atoms with Crippen molar-refractivity contribution in [3.8, 4) is 0 Å². The number of nitrogens with zero attached hydrogens (tertiary/aromatic N) is 1. The molecule has 0 aliphatic carbocycles. The summed E-state index contributed by atoms with van der Waals surface area (Å²) in [5, 5.41) is 9.33. The topological polar surface area (TPSA) is 49.8 Å². The third-order valence-corrected chi connectivity index (χ3v) is 2.34. The molecule has 1 aliphatic rings. The molecule has 0 amide bonds. The Balaban J connectivity index is 2.32. The zero-order chi connectivity index (χ0) is 8.97. The van der Waals surface area contributed by atoms with Crippen molar-refractivity contribution in [2.45, 2.75) is 25.0 Å². The standard InChI is InChI=1S/C8H15NO3/c1-9-3-2-8(11)4-7(9)5-12-6-10/h6-8,11H,2-5H2,1H3. The van der Waals surface area contributed by atoms with Gasteiger partial charge in [0.1, 0.15) is 6.61 Å². The van der Waals surface area contributed by atoms with Gasteiger partial charge in [-0.3, -0.25) is 9.69 Å². The molecule has 0 saturated carbocycles. The molecule has 0 aromatic carbocycles. The number of hydrogen-bond donors (Lipinski definition) is 1. The summed E-state index contributed by atoms with van der Waals surface area (Å²) >= 11 is 0. The van der Waals surface area contributed by atoms with Crippen LogP contribution in [-0.2, 0) is 9.53 Å². The lowest BCUT2D eigenvalue weighted by Gasteiger charge is -2.34. The predicted molar refractivity (Wildman–Crippen MR) is 43.7 cm³/mol. The molecule has 1 N–H and O–H groups in total. The van der Waals surface area contributed by atoms with Crippen molar-refractivity contribution in [2.24, 2.45) is 0 Å². The lowest BCUT2D eigenvalue weighted by atomic mass is 10.0. The molecule has 1 aliphatic heterocycles. The largest absolute Gasteiger partial charge is 0.466 e. The van der Waals surface area contributed by atoms with Crippen LogP contribution in [0.5, 0.6) is 0 Å². The highest BCUT2D eigenvalue weighted by molar-refractivity contribution is 5.36. The van der Waals surface area contributed by atoms with Crippen LogP contribution < -0.4 is 0 Å². The fourth-order valence-electron chi connectivity index (χ4n) is 1.49. The average Bonchev–Trinajstić information content (AvgIpc) is 2.07. The lowest BCUT2D eigenvalue weighted by molar-refractivity contribution is -0.131. The van der Waals surface area contributed by atoms with Gasteiger partial charge >= 0.3 is 0 Å². The first kappa shape index (κ1) is 9.48. The van der Waals surface area contributed by atoms with E-state index in [1.54, 1.807) is 0 Å². The Kier molecular flexibility index (Phi) is 3.49. The number of likely N-dealkylation sites (tertiary alicyclic amines) is 1. The molecule has 4 nitrogen and oxygen atoms in total. The van der Waals surface area contributed by atoms with E-state index < -0.39 is 0 Å². The highest BCUT2D eigenvalue weighted by Crippen LogP contribution is 2.15. The van der Waals surface area contributed by atoms with E-state index in [9.17, 15) is 9.90 Å². The van der Waals surface area contributed by atoms with E-state index >= 15 is 0 Å². The van der Waals surface area contributed by atoms with Gasteiger partial charge < -0.3 is 9.84 Å². The minimum Gasteiger partial charge on any atom is -0.466 e. The first-order valence-corrected chi connectivity index (χ1v) is 4.17. The van der Waals surface area contributed by atoms with Crippen LogP contribution in [0, 0.1) is 0 Å². The van der Waals surface area contributed by atoms with Gasteiger partial charge in [-0.2, -0.15) is 0 Å². The zero-order valence-corrected chi connectivity index (χ0v) is 7.27. The maximum atomic E-state index is 9.93. The van der Waals surface area contributed by atoms with Crippen molar-refractivity contribution >= 4 is 6.47 Å². The molecule has 0 spiro atoms. The summed E-state index contributed by atoms with van der Waals surface area (Å²) in [7, 11) is 1.98. The fourth-order valence-corrected chi connectivity index (χ4v) is 1.49. The van der Waals surface area contributed by atoms with Crippen LogP contribution in [0.25, 0.3) is 0 Å². The van der Waals surface area contributed by atoms with Crippen LogP contribution in [0.3, 0.4) is 0 Å². The van der Waals surface area contributed by atoms with Gasteiger partial charge in [0.2, 0.25) is 0 Å². The number of carbonyl (C=O) groups is 1. The molecule has 1 heterocycles. The van der Waals surface area contributed by atoms with E-state index in [2.05, 4.69) is 9.64 Å². The lowest BCUT2D eigenvalue weighted by Crippen LogP contribution is -2.44. The summed E-state index contributed by atoms with van der Waals surface area (Å²) in [6.45, 7) is 1.71. The normalized spacial score (nSPS) is 31.5.